The Balaban J connectivity index is 1.45. The van der Waals surface area contributed by atoms with Gasteiger partial charge in [-0.15, -0.1) is 0 Å². The molecular weight excluding hydrogens is 679 g/mol. The number of rotatable bonds is 24. The Kier molecular flexibility index (Phi) is 18.7. The van der Waals surface area contributed by atoms with E-state index < -0.39 is 45.1 Å². The highest BCUT2D eigenvalue weighted by Gasteiger charge is 2.38. The number of hydrogen-bond donors (Lipinski definition) is 0. The molecule has 8 nitrogen and oxygen atoms in total. The molecule has 0 heterocycles. The van der Waals surface area contributed by atoms with Crippen LogP contribution in [0.5, 0.6) is 11.5 Å². The molecule has 0 aliphatic heterocycles. The molecule has 0 unspecified atom stereocenters. The molecule has 0 saturated heterocycles. The van der Waals surface area contributed by atoms with E-state index in [-0.39, 0.29) is 11.1 Å². The van der Waals surface area contributed by atoms with E-state index in [1.807, 2.05) is 0 Å². The molecule has 2 aromatic rings. The minimum Gasteiger partial charge on any atom is -0.494 e. The molecule has 0 aromatic heterocycles. The lowest BCUT2D eigenvalue weighted by atomic mass is 10.1. The summed E-state index contributed by atoms with van der Waals surface area (Å²) < 4.78 is 21.9. The smallest absolute Gasteiger partial charge is 0.343 e. The van der Waals surface area contributed by atoms with Crippen LogP contribution in [0.2, 0.25) is 0 Å². The number of carbonyl (C=O) groups is 4. The molecule has 0 fully saturated rings. The van der Waals surface area contributed by atoms with Crippen molar-refractivity contribution in [1.82, 2.24) is 0 Å². The first-order valence-electron chi connectivity index (χ1n) is 18.1. The number of allylic oxidation sites excluding steroid dienone is 2. The molecular formula is C40H50Cl2O8. The van der Waals surface area contributed by atoms with Gasteiger partial charge < -0.3 is 18.9 Å². The summed E-state index contributed by atoms with van der Waals surface area (Å²) in [6, 6.07) is 12.4. The Labute approximate surface area is 306 Å². The third kappa shape index (κ3) is 13.6. The highest BCUT2D eigenvalue weighted by Crippen LogP contribution is 2.32. The van der Waals surface area contributed by atoms with Crippen molar-refractivity contribution >= 4 is 46.7 Å². The predicted molar refractivity (Wildman–Crippen MR) is 196 cm³/mol. The van der Waals surface area contributed by atoms with Crippen LogP contribution in [-0.4, -0.2) is 36.7 Å². The van der Waals surface area contributed by atoms with Crippen LogP contribution < -0.4 is 9.47 Å². The molecule has 10 heteroatoms. The number of halogens is 2. The standard InChI is InChI=1S/C40H50Cl2O8/c1-3-5-7-9-11-13-15-17-27-47-31-23-19-29(20-24-31)39(45)49-37-33(41)36(44)38(34(42)35(37)43)50-40(46)30-21-25-32(26-22-30)48-28-18-16-14-12-10-8-6-4-2/h19-26H,3-18,27-28H2,1-2H3. The number of unbranched alkanes of at least 4 members (excludes halogenated alkanes) is 14. The summed E-state index contributed by atoms with van der Waals surface area (Å²) in [5.41, 5.74) is 0.202. The first-order valence-corrected chi connectivity index (χ1v) is 18.8. The molecule has 50 heavy (non-hydrogen) atoms. The summed E-state index contributed by atoms with van der Waals surface area (Å²) in [5.74, 6) is -4.32. The van der Waals surface area contributed by atoms with Crippen LogP contribution in [0.3, 0.4) is 0 Å². The summed E-state index contributed by atoms with van der Waals surface area (Å²) in [5, 5.41) is -1.46. The predicted octanol–water partition coefficient (Wildman–Crippen LogP) is 10.8. The van der Waals surface area contributed by atoms with Crippen LogP contribution in [-0.2, 0) is 19.1 Å². The lowest BCUT2D eigenvalue weighted by molar-refractivity contribution is -0.119. The number of ether oxygens (including phenoxy) is 4. The van der Waals surface area contributed by atoms with Crippen molar-refractivity contribution in [2.75, 3.05) is 13.2 Å². The van der Waals surface area contributed by atoms with Crippen LogP contribution in [0, 0.1) is 0 Å². The van der Waals surface area contributed by atoms with Crippen molar-refractivity contribution in [3.8, 4) is 11.5 Å². The Bertz CT molecular complexity index is 1350. The maximum Gasteiger partial charge on any atom is 0.343 e. The molecule has 1 aliphatic carbocycles. The van der Waals surface area contributed by atoms with Crippen molar-refractivity contribution in [2.24, 2.45) is 0 Å². The molecule has 0 saturated carbocycles. The summed E-state index contributed by atoms with van der Waals surface area (Å²) in [7, 11) is 0. The molecule has 2 aromatic carbocycles. The van der Waals surface area contributed by atoms with Gasteiger partial charge in [0.15, 0.2) is 0 Å². The molecule has 3 rings (SSSR count). The molecule has 272 valence electrons. The normalized spacial score (nSPS) is 13.1. The average molecular weight is 730 g/mol. The average Bonchev–Trinajstić information content (AvgIpc) is 3.13. The van der Waals surface area contributed by atoms with E-state index in [0.29, 0.717) is 24.7 Å². The van der Waals surface area contributed by atoms with Crippen molar-refractivity contribution in [1.29, 1.82) is 0 Å². The Morgan fingerprint density at radius 3 is 1.10 bits per heavy atom. The molecule has 0 bridgehead atoms. The highest BCUT2D eigenvalue weighted by atomic mass is 35.5. The van der Waals surface area contributed by atoms with Gasteiger partial charge in [0.25, 0.3) is 0 Å². The van der Waals surface area contributed by atoms with Crippen molar-refractivity contribution in [3.63, 3.8) is 0 Å². The van der Waals surface area contributed by atoms with Gasteiger partial charge in [-0.05, 0) is 61.4 Å². The Hall–Kier alpha value is -3.62. The topological polar surface area (TPSA) is 105 Å². The van der Waals surface area contributed by atoms with Gasteiger partial charge >= 0.3 is 11.9 Å². The van der Waals surface area contributed by atoms with Crippen LogP contribution in [0.15, 0.2) is 70.1 Å². The van der Waals surface area contributed by atoms with Crippen LogP contribution in [0.1, 0.15) is 137 Å². The summed E-state index contributed by atoms with van der Waals surface area (Å²) in [6.07, 6.45) is 19.1. The second-order valence-corrected chi connectivity index (χ2v) is 13.2. The van der Waals surface area contributed by atoms with Gasteiger partial charge in [0.2, 0.25) is 23.1 Å². The van der Waals surface area contributed by atoms with E-state index in [4.69, 9.17) is 42.1 Å². The van der Waals surface area contributed by atoms with Gasteiger partial charge in [0, 0.05) is 0 Å². The molecule has 0 spiro atoms. The van der Waals surface area contributed by atoms with Gasteiger partial charge in [-0.3, -0.25) is 9.59 Å². The lowest BCUT2D eigenvalue weighted by Crippen LogP contribution is -2.26. The zero-order valence-corrected chi connectivity index (χ0v) is 30.9. The van der Waals surface area contributed by atoms with E-state index in [1.165, 1.54) is 101 Å². The number of benzene rings is 2. The summed E-state index contributed by atoms with van der Waals surface area (Å²) in [6.45, 7) is 5.55. The van der Waals surface area contributed by atoms with Gasteiger partial charge in [-0.25, -0.2) is 9.59 Å². The van der Waals surface area contributed by atoms with Gasteiger partial charge in [-0.1, -0.05) is 127 Å². The summed E-state index contributed by atoms with van der Waals surface area (Å²) >= 11 is 12.3. The maximum absolute atomic E-state index is 13.0. The van der Waals surface area contributed by atoms with E-state index in [1.54, 1.807) is 24.3 Å². The fraction of sp³-hybridized carbons (Fsp3) is 0.500. The number of carbonyl (C=O) groups excluding carboxylic acids is 4. The number of esters is 2. The van der Waals surface area contributed by atoms with Crippen LogP contribution in [0.4, 0.5) is 0 Å². The van der Waals surface area contributed by atoms with Gasteiger partial charge in [0.05, 0.1) is 24.3 Å². The van der Waals surface area contributed by atoms with Crippen molar-refractivity contribution in [3.05, 3.63) is 81.2 Å². The molecule has 0 N–H and O–H groups in total. The fourth-order valence-corrected chi connectivity index (χ4v) is 5.74. The largest absolute Gasteiger partial charge is 0.494 e. The van der Waals surface area contributed by atoms with E-state index in [2.05, 4.69) is 13.8 Å². The number of Topliss-reactive ketones (excluding diaryl/α,β-unsaturated/α-hetero) is 2. The fourth-order valence-electron chi connectivity index (χ4n) is 5.32. The van der Waals surface area contributed by atoms with E-state index >= 15 is 0 Å². The van der Waals surface area contributed by atoms with Crippen molar-refractivity contribution in [2.45, 2.75) is 117 Å². The highest BCUT2D eigenvalue weighted by molar-refractivity contribution is 6.55. The zero-order valence-electron chi connectivity index (χ0n) is 29.4. The minimum absolute atomic E-state index is 0.101. The second-order valence-electron chi connectivity index (χ2n) is 12.4. The molecule has 0 radical (unpaired) electrons. The first-order chi connectivity index (χ1) is 24.3. The Morgan fingerprint density at radius 1 is 0.480 bits per heavy atom. The van der Waals surface area contributed by atoms with Crippen molar-refractivity contribution < 1.29 is 38.1 Å². The summed E-state index contributed by atoms with van der Waals surface area (Å²) in [4.78, 5) is 51.6. The molecule has 1 aliphatic rings. The number of ketones is 2. The third-order valence-corrected chi connectivity index (χ3v) is 9.00. The first kappa shape index (κ1) is 40.8. The quantitative estimate of drug-likeness (QED) is 0.0597. The van der Waals surface area contributed by atoms with Crippen LogP contribution in [0.25, 0.3) is 0 Å². The second kappa shape index (κ2) is 23.0. The van der Waals surface area contributed by atoms with Gasteiger partial charge in [0.1, 0.15) is 21.6 Å². The monoisotopic (exact) mass is 728 g/mol. The van der Waals surface area contributed by atoms with E-state index in [0.717, 1.165) is 25.7 Å². The van der Waals surface area contributed by atoms with Gasteiger partial charge in [-0.2, -0.15) is 0 Å². The lowest BCUT2D eigenvalue weighted by Gasteiger charge is -2.17. The Morgan fingerprint density at radius 2 is 0.780 bits per heavy atom. The minimum atomic E-state index is -1.07. The maximum atomic E-state index is 13.0. The van der Waals surface area contributed by atoms with E-state index in [9.17, 15) is 19.2 Å². The third-order valence-electron chi connectivity index (χ3n) is 8.31. The number of hydrogen-bond acceptors (Lipinski definition) is 8. The molecule has 0 atom stereocenters. The molecule has 0 amide bonds. The van der Waals surface area contributed by atoms with Crippen LogP contribution >= 0.6 is 23.2 Å². The SMILES string of the molecule is CCCCCCCCCCOc1ccc(C(=O)OC2=C(Cl)C(=O)C(OC(=O)c3ccc(OCCCCCCCCCC)cc3)=C(Cl)C2=O)cc1. The zero-order chi connectivity index (χ0) is 36.1.